The quantitative estimate of drug-likeness (QED) is 0.463. The van der Waals surface area contributed by atoms with E-state index in [1.165, 1.54) is 12.2 Å². The SMILES string of the molecule is CC1OC(=O)C=CC(O)C=CC2CC21. The number of rotatable bonds is 0. The van der Waals surface area contributed by atoms with Crippen molar-refractivity contribution in [3.8, 4) is 0 Å². The summed E-state index contributed by atoms with van der Waals surface area (Å²) < 4.78 is 5.16. The molecule has 4 unspecified atom stereocenters. The molecule has 0 aromatic heterocycles. The molecule has 0 amide bonds. The molecule has 14 heavy (non-hydrogen) atoms. The van der Waals surface area contributed by atoms with Crippen molar-refractivity contribution in [3.05, 3.63) is 24.3 Å². The monoisotopic (exact) mass is 194 g/mol. The van der Waals surface area contributed by atoms with Crippen LogP contribution in [0.3, 0.4) is 0 Å². The predicted octanol–water partition coefficient (Wildman–Crippen LogP) is 1.04. The van der Waals surface area contributed by atoms with E-state index in [1.54, 1.807) is 6.08 Å². The first kappa shape index (κ1) is 9.46. The van der Waals surface area contributed by atoms with Crippen molar-refractivity contribution < 1.29 is 14.6 Å². The van der Waals surface area contributed by atoms with E-state index in [2.05, 4.69) is 0 Å². The van der Waals surface area contributed by atoms with Gasteiger partial charge in [0.1, 0.15) is 6.10 Å². The van der Waals surface area contributed by atoms with Crippen molar-refractivity contribution in [1.82, 2.24) is 0 Å². The van der Waals surface area contributed by atoms with Gasteiger partial charge < -0.3 is 9.84 Å². The Balaban J connectivity index is 2.11. The molecule has 3 heteroatoms. The van der Waals surface area contributed by atoms with E-state index >= 15 is 0 Å². The average Bonchev–Trinajstić information content (AvgIpc) is 2.89. The summed E-state index contributed by atoms with van der Waals surface area (Å²) in [5.41, 5.74) is 0. The molecule has 1 N–H and O–H groups in total. The van der Waals surface area contributed by atoms with Crippen molar-refractivity contribution in [2.75, 3.05) is 0 Å². The molecule has 1 saturated carbocycles. The van der Waals surface area contributed by atoms with Gasteiger partial charge in [-0.1, -0.05) is 12.2 Å². The molecule has 1 aliphatic heterocycles. The average molecular weight is 194 g/mol. The van der Waals surface area contributed by atoms with Crippen LogP contribution in [0.4, 0.5) is 0 Å². The molecule has 0 radical (unpaired) electrons. The van der Waals surface area contributed by atoms with Crippen molar-refractivity contribution in [2.24, 2.45) is 11.8 Å². The minimum Gasteiger partial charge on any atom is -0.459 e. The zero-order valence-electron chi connectivity index (χ0n) is 8.09. The number of allylic oxidation sites excluding steroid dienone is 1. The van der Waals surface area contributed by atoms with Gasteiger partial charge >= 0.3 is 5.97 Å². The Kier molecular flexibility index (Phi) is 2.42. The number of fused-ring (bicyclic) bond motifs is 1. The van der Waals surface area contributed by atoms with Gasteiger partial charge in [-0.25, -0.2) is 4.79 Å². The third kappa shape index (κ3) is 2.04. The fourth-order valence-corrected chi connectivity index (χ4v) is 1.80. The fourth-order valence-electron chi connectivity index (χ4n) is 1.80. The Hall–Kier alpha value is -1.09. The molecule has 0 bridgehead atoms. The van der Waals surface area contributed by atoms with Crippen LogP contribution in [0, 0.1) is 11.8 Å². The number of hydrogen-bond donors (Lipinski definition) is 1. The van der Waals surface area contributed by atoms with Crippen molar-refractivity contribution in [1.29, 1.82) is 0 Å². The van der Waals surface area contributed by atoms with Crippen molar-refractivity contribution in [2.45, 2.75) is 25.6 Å². The number of esters is 1. The normalized spacial score (nSPS) is 41.4. The van der Waals surface area contributed by atoms with Crippen LogP contribution in [0.1, 0.15) is 13.3 Å². The van der Waals surface area contributed by atoms with Crippen molar-refractivity contribution in [3.63, 3.8) is 0 Å². The standard InChI is InChI=1S/C11H14O3/c1-7-10-6-8(10)2-3-9(12)4-5-11(13)14-7/h2-5,7-10,12H,6H2,1H3. The van der Waals surface area contributed by atoms with Gasteiger partial charge in [-0.3, -0.25) is 0 Å². The third-order valence-corrected chi connectivity index (χ3v) is 2.78. The van der Waals surface area contributed by atoms with E-state index in [4.69, 9.17) is 4.74 Å². The van der Waals surface area contributed by atoms with Gasteiger partial charge in [0.2, 0.25) is 0 Å². The first-order valence-electron chi connectivity index (χ1n) is 4.92. The van der Waals surface area contributed by atoms with Gasteiger partial charge in [-0.05, 0) is 25.3 Å². The molecule has 3 nitrogen and oxygen atoms in total. The summed E-state index contributed by atoms with van der Waals surface area (Å²) in [4.78, 5) is 11.2. The van der Waals surface area contributed by atoms with Crippen LogP contribution in [0.5, 0.6) is 0 Å². The molecular formula is C11H14O3. The molecule has 1 aliphatic carbocycles. The Morgan fingerprint density at radius 1 is 1.43 bits per heavy atom. The maximum atomic E-state index is 11.2. The summed E-state index contributed by atoms with van der Waals surface area (Å²) in [6.45, 7) is 1.92. The minimum atomic E-state index is -0.669. The van der Waals surface area contributed by atoms with E-state index in [9.17, 15) is 9.90 Å². The molecule has 76 valence electrons. The van der Waals surface area contributed by atoms with Crippen LogP contribution in [-0.2, 0) is 9.53 Å². The first-order chi connectivity index (χ1) is 6.66. The van der Waals surface area contributed by atoms with Gasteiger partial charge in [0.25, 0.3) is 0 Å². The van der Waals surface area contributed by atoms with Crippen LogP contribution >= 0.6 is 0 Å². The molecule has 0 spiro atoms. The summed E-state index contributed by atoms with van der Waals surface area (Å²) in [7, 11) is 0. The molecule has 4 atom stereocenters. The van der Waals surface area contributed by atoms with Crippen molar-refractivity contribution >= 4 is 5.97 Å². The largest absolute Gasteiger partial charge is 0.459 e. The Labute approximate surface area is 83.1 Å². The maximum Gasteiger partial charge on any atom is 0.330 e. The second kappa shape index (κ2) is 3.58. The zero-order valence-corrected chi connectivity index (χ0v) is 8.09. The highest BCUT2D eigenvalue weighted by Crippen LogP contribution is 2.43. The zero-order chi connectivity index (χ0) is 10.1. The lowest BCUT2D eigenvalue weighted by Crippen LogP contribution is -2.17. The third-order valence-electron chi connectivity index (χ3n) is 2.78. The lowest BCUT2D eigenvalue weighted by atomic mass is 10.1. The smallest absolute Gasteiger partial charge is 0.330 e. The minimum absolute atomic E-state index is 0.0166. The predicted molar refractivity (Wildman–Crippen MR) is 51.4 cm³/mol. The number of cyclic esters (lactones) is 1. The van der Waals surface area contributed by atoms with Gasteiger partial charge in [0.05, 0.1) is 6.10 Å². The second-order valence-corrected chi connectivity index (χ2v) is 3.94. The molecule has 2 aliphatic rings. The molecule has 0 aromatic carbocycles. The lowest BCUT2D eigenvalue weighted by Gasteiger charge is -2.11. The van der Waals surface area contributed by atoms with Gasteiger partial charge in [-0.2, -0.15) is 0 Å². The second-order valence-electron chi connectivity index (χ2n) is 3.94. The highest BCUT2D eigenvalue weighted by atomic mass is 16.5. The van der Waals surface area contributed by atoms with Gasteiger partial charge in [-0.15, -0.1) is 0 Å². The van der Waals surface area contributed by atoms with E-state index < -0.39 is 6.10 Å². The molecular weight excluding hydrogens is 180 g/mol. The molecule has 0 aromatic rings. The molecule has 1 fully saturated rings. The van der Waals surface area contributed by atoms with E-state index in [0.717, 1.165) is 6.42 Å². The number of carbonyl (C=O) groups is 1. The number of ether oxygens (including phenoxy) is 1. The van der Waals surface area contributed by atoms with Crippen LogP contribution in [-0.4, -0.2) is 23.3 Å². The van der Waals surface area contributed by atoms with Crippen LogP contribution in [0.15, 0.2) is 24.3 Å². The maximum absolute atomic E-state index is 11.2. The summed E-state index contributed by atoms with van der Waals surface area (Å²) in [5, 5.41) is 9.37. The van der Waals surface area contributed by atoms with E-state index in [1.807, 2.05) is 13.0 Å². The number of aliphatic hydroxyl groups excluding tert-OH is 1. The first-order valence-corrected chi connectivity index (χ1v) is 4.92. The summed E-state index contributed by atoms with van der Waals surface area (Å²) in [5.74, 6) is 0.547. The fraction of sp³-hybridized carbons (Fsp3) is 0.545. The Bertz CT molecular complexity index is 293. The van der Waals surface area contributed by atoms with Gasteiger partial charge in [0, 0.05) is 12.0 Å². The topological polar surface area (TPSA) is 46.5 Å². The van der Waals surface area contributed by atoms with E-state index in [-0.39, 0.29) is 12.1 Å². The van der Waals surface area contributed by atoms with E-state index in [0.29, 0.717) is 11.8 Å². The van der Waals surface area contributed by atoms with Gasteiger partial charge in [0.15, 0.2) is 0 Å². The highest BCUT2D eigenvalue weighted by molar-refractivity contribution is 5.82. The van der Waals surface area contributed by atoms with Crippen LogP contribution in [0.2, 0.25) is 0 Å². The van der Waals surface area contributed by atoms with Crippen LogP contribution < -0.4 is 0 Å². The summed E-state index contributed by atoms with van der Waals surface area (Å²) >= 11 is 0. The number of carbonyl (C=O) groups excluding carboxylic acids is 1. The number of hydrogen-bond acceptors (Lipinski definition) is 3. The Morgan fingerprint density at radius 3 is 3.00 bits per heavy atom. The van der Waals surface area contributed by atoms with Crippen LogP contribution in [0.25, 0.3) is 0 Å². The molecule has 0 saturated heterocycles. The summed E-state index contributed by atoms with van der Waals surface area (Å²) in [6, 6.07) is 0. The highest BCUT2D eigenvalue weighted by Gasteiger charge is 2.41. The molecule has 2 rings (SSSR count). The Morgan fingerprint density at radius 2 is 2.21 bits per heavy atom. The number of aliphatic hydroxyl groups is 1. The lowest BCUT2D eigenvalue weighted by molar-refractivity contribution is -0.143. The summed E-state index contributed by atoms with van der Waals surface area (Å²) in [6.07, 6.45) is 6.83. The molecule has 1 heterocycles.